The van der Waals surface area contributed by atoms with Gasteiger partial charge in [-0.15, -0.1) is 0 Å². The van der Waals surface area contributed by atoms with Crippen molar-refractivity contribution in [3.05, 3.63) is 72.4 Å². The number of nitrogens with zero attached hydrogens (tertiary/aromatic N) is 1. The van der Waals surface area contributed by atoms with Crippen molar-refractivity contribution in [2.24, 2.45) is 5.92 Å². The molecule has 1 fully saturated rings. The van der Waals surface area contributed by atoms with Gasteiger partial charge in [0, 0.05) is 17.1 Å². The Labute approximate surface area is 147 Å². The van der Waals surface area contributed by atoms with Crippen LogP contribution >= 0.6 is 0 Å². The van der Waals surface area contributed by atoms with Crippen LogP contribution in [-0.2, 0) is 0 Å². The molecule has 0 heterocycles. The second kappa shape index (κ2) is 8.19. The average Bonchev–Trinajstić information content (AvgIpc) is 2.62. The minimum absolute atomic E-state index is 0.894. The van der Waals surface area contributed by atoms with Gasteiger partial charge in [0.2, 0.25) is 0 Å². The quantitative estimate of drug-likeness (QED) is 0.553. The summed E-state index contributed by atoms with van der Waals surface area (Å²) in [6, 6.07) is 19.3. The summed E-state index contributed by atoms with van der Waals surface area (Å²) in [6.45, 7) is 6.60. The first kappa shape index (κ1) is 16.8. The molecule has 0 unspecified atom stereocenters. The zero-order valence-electron chi connectivity index (χ0n) is 14.9. The summed E-state index contributed by atoms with van der Waals surface area (Å²) in [6.07, 6.45) is 9.42. The van der Waals surface area contributed by atoms with Gasteiger partial charge >= 0.3 is 0 Å². The molecule has 0 radical (unpaired) electrons. The Bertz CT molecular complexity index is 653. The molecule has 0 N–H and O–H groups in total. The topological polar surface area (TPSA) is 3.24 Å². The summed E-state index contributed by atoms with van der Waals surface area (Å²) in [5, 5.41) is 0. The first-order chi connectivity index (χ1) is 11.7. The molecule has 2 aromatic carbocycles. The lowest BCUT2D eigenvalue weighted by Crippen LogP contribution is -2.17. The molecule has 1 aliphatic carbocycles. The maximum atomic E-state index is 4.45. The number of allylic oxidation sites excluding steroid dienone is 1. The summed E-state index contributed by atoms with van der Waals surface area (Å²) < 4.78 is 0. The Morgan fingerprint density at radius 2 is 1.67 bits per heavy atom. The van der Waals surface area contributed by atoms with E-state index in [4.69, 9.17) is 0 Å². The average molecular weight is 319 g/mol. The van der Waals surface area contributed by atoms with E-state index in [1.54, 1.807) is 0 Å². The number of para-hydroxylation sites is 1. The number of rotatable bonds is 6. The number of anilines is 2. The highest BCUT2D eigenvalue weighted by Gasteiger charge is 2.17. The van der Waals surface area contributed by atoms with Crippen LogP contribution in [0.1, 0.15) is 50.5 Å². The molecule has 0 aliphatic heterocycles. The molecule has 1 heteroatoms. The molecule has 0 amide bonds. The Kier molecular flexibility index (Phi) is 5.74. The minimum Gasteiger partial charge on any atom is -0.315 e. The lowest BCUT2D eigenvalue weighted by molar-refractivity contribution is 0.339. The fraction of sp³-hybridized carbons (Fsp3) is 0.391. The van der Waals surface area contributed by atoms with Gasteiger partial charge in [-0.1, -0.05) is 69.0 Å². The van der Waals surface area contributed by atoms with Crippen molar-refractivity contribution in [3.63, 3.8) is 0 Å². The summed E-state index contributed by atoms with van der Waals surface area (Å²) >= 11 is 0. The van der Waals surface area contributed by atoms with Crippen LogP contribution in [0, 0.1) is 12.8 Å². The number of hydrogen-bond acceptors (Lipinski definition) is 1. The third-order valence-electron chi connectivity index (χ3n) is 5.16. The first-order valence-corrected chi connectivity index (χ1v) is 9.33. The van der Waals surface area contributed by atoms with Gasteiger partial charge in [0.25, 0.3) is 0 Å². The predicted octanol–water partition coefficient (Wildman–Crippen LogP) is 7.01. The molecule has 1 aliphatic rings. The monoisotopic (exact) mass is 319 g/mol. The molecule has 2 aromatic rings. The maximum absolute atomic E-state index is 4.45. The van der Waals surface area contributed by atoms with E-state index < -0.39 is 0 Å². The van der Waals surface area contributed by atoms with Gasteiger partial charge < -0.3 is 4.90 Å². The zero-order valence-corrected chi connectivity index (χ0v) is 14.9. The Morgan fingerprint density at radius 3 is 2.38 bits per heavy atom. The van der Waals surface area contributed by atoms with Gasteiger partial charge in [-0.3, -0.25) is 0 Å². The standard InChI is InChI=1S/C23H29N/c1-19-10-9-15-23(18-19)24(22-13-7-4-8-14-22)20(2)16-17-21-11-5-3-6-12-21/h4,7-10,13-15,18,21H,2-3,5-6,11-12,16-17H2,1H3. The van der Waals surface area contributed by atoms with Crippen LogP contribution in [0.5, 0.6) is 0 Å². The number of aryl methyl sites for hydroxylation is 1. The van der Waals surface area contributed by atoms with Crippen LogP contribution in [0.3, 0.4) is 0 Å². The highest BCUT2D eigenvalue weighted by Crippen LogP contribution is 2.34. The fourth-order valence-electron chi connectivity index (χ4n) is 3.82. The van der Waals surface area contributed by atoms with Crippen LogP contribution in [0.2, 0.25) is 0 Å². The first-order valence-electron chi connectivity index (χ1n) is 9.33. The third-order valence-corrected chi connectivity index (χ3v) is 5.16. The number of benzene rings is 2. The van der Waals surface area contributed by atoms with Crippen molar-refractivity contribution in [2.75, 3.05) is 4.90 Å². The SMILES string of the molecule is C=C(CCC1CCCCC1)N(c1ccccc1)c1cccc(C)c1. The van der Waals surface area contributed by atoms with Crippen LogP contribution < -0.4 is 4.90 Å². The molecule has 0 aromatic heterocycles. The second-order valence-corrected chi connectivity index (χ2v) is 7.12. The Hall–Kier alpha value is -2.02. The third kappa shape index (κ3) is 4.29. The van der Waals surface area contributed by atoms with E-state index in [2.05, 4.69) is 73.0 Å². The smallest absolute Gasteiger partial charge is 0.0460 e. The predicted molar refractivity (Wildman–Crippen MR) is 105 cm³/mol. The van der Waals surface area contributed by atoms with E-state index in [0.29, 0.717) is 0 Å². The molecular formula is C23H29N. The number of hydrogen-bond donors (Lipinski definition) is 0. The van der Waals surface area contributed by atoms with Crippen molar-refractivity contribution in [1.29, 1.82) is 0 Å². The van der Waals surface area contributed by atoms with E-state index in [9.17, 15) is 0 Å². The van der Waals surface area contributed by atoms with E-state index in [-0.39, 0.29) is 0 Å². The minimum atomic E-state index is 0.894. The maximum Gasteiger partial charge on any atom is 0.0460 e. The molecular weight excluding hydrogens is 290 g/mol. The second-order valence-electron chi connectivity index (χ2n) is 7.12. The van der Waals surface area contributed by atoms with Gasteiger partial charge in [-0.05, 0) is 55.5 Å². The zero-order chi connectivity index (χ0) is 16.8. The molecule has 0 bridgehead atoms. The van der Waals surface area contributed by atoms with Crippen LogP contribution in [0.4, 0.5) is 11.4 Å². The van der Waals surface area contributed by atoms with Crippen molar-refractivity contribution in [2.45, 2.75) is 51.9 Å². The van der Waals surface area contributed by atoms with Gasteiger partial charge in [0.1, 0.15) is 0 Å². The van der Waals surface area contributed by atoms with Crippen molar-refractivity contribution in [1.82, 2.24) is 0 Å². The largest absolute Gasteiger partial charge is 0.315 e. The molecule has 3 rings (SSSR count). The van der Waals surface area contributed by atoms with E-state index >= 15 is 0 Å². The molecule has 0 spiro atoms. The van der Waals surface area contributed by atoms with Gasteiger partial charge in [0.15, 0.2) is 0 Å². The molecule has 0 saturated heterocycles. The lowest BCUT2D eigenvalue weighted by atomic mass is 9.86. The molecule has 1 nitrogen and oxygen atoms in total. The van der Waals surface area contributed by atoms with E-state index in [1.165, 1.54) is 61.2 Å². The molecule has 126 valence electrons. The van der Waals surface area contributed by atoms with Crippen LogP contribution in [-0.4, -0.2) is 0 Å². The fourth-order valence-corrected chi connectivity index (χ4v) is 3.82. The van der Waals surface area contributed by atoms with Crippen molar-refractivity contribution in [3.8, 4) is 0 Å². The van der Waals surface area contributed by atoms with Crippen LogP contribution in [0.25, 0.3) is 0 Å². The summed E-state index contributed by atoms with van der Waals surface area (Å²) in [5.41, 5.74) is 4.91. The van der Waals surface area contributed by atoms with Crippen LogP contribution in [0.15, 0.2) is 66.9 Å². The summed E-state index contributed by atoms with van der Waals surface area (Å²) in [4.78, 5) is 2.33. The highest BCUT2D eigenvalue weighted by molar-refractivity contribution is 5.68. The Balaban J connectivity index is 1.77. The van der Waals surface area contributed by atoms with Gasteiger partial charge in [-0.2, -0.15) is 0 Å². The highest BCUT2D eigenvalue weighted by atomic mass is 15.1. The summed E-state index contributed by atoms with van der Waals surface area (Å²) in [7, 11) is 0. The molecule has 1 saturated carbocycles. The summed E-state index contributed by atoms with van der Waals surface area (Å²) in [5.74, 6) is 0.894. The van der Waals surface area contributed by atoms with Crippen molar-refractivity contribution >= 4 is 11.4 Å². The van der Waals surface area contributed by atoms with E-state index in [1.807, 2.05) is 0 Å². The van der Waals surface area contributed by atoms with Crippen molar-refractivity contribution < 1.29 is 0 Å². The van der Waals surface area contributed by atoms with Gasteiger partial charge in [0.05, 0.1) is 0 Å². The normalized spacial score (nSPS) is 15.2. The lowest BCUT2D eigenvalue weighted by Gasteiger charge is -2.29. The van der Waals surface area contributed by atoms with Gasteiger partial charge in [-0.25, -0.2) is 0 Å². The molecule has 24 heavy (non-hydrogen) atoms. The van der Waals surface area contributed by atoms with E-state index in [0.717, 1.165) is 12.3 Å². The Morgan fingerprint density at radius 1 is 0.958 bits per heavy atom. The molecule has 0 atom stereocenters.